The van der Waals surface area contributed by atoms with Crippen LogP contribution in [0.5, 0.6) is 0 Å². The molecular weight excluding hydrogens is 295 g/mol. The molecule has 0 fully saturated rings. The minimum Gasteiger partial charge on any atom is -0.399 e. The topological polar surface area (TPSA) is 72.2 Å². The molecule has 0 radical (unpaired) electrons. The van der Waals surface area contributed by atoms with Crippen LogP contribution in [0.1, 0.15) is 0 Å². The highest BCUT2D eigenvalue weighted by Gasteiger charge is 2.41. The van der Waals surface area contributed by atoms with Crippen molar-refractivity contribution in [3.8, 4) is 0 Å². The Morgan fingerprint density at radius 2 is 1.89 bits per heavy atom. The van der Waals surface area contributed by atoms with Crippen molar-refractivity contribution < 1.29 is 30.4 Å². The molecule has 0 heterocycles. The van der Waals surface area contributed by atoms with Crippen LogP contribution in [-0.4, -0.2) is 27.3 Å². The van der Waals surface area contributed by atoms with Gasteiger partial charge in [-0.25, -0.2) is 26.3 Å². The van der Waals surface area contributed by atoms with E-state index in [4.69, 9.17) is 5.73 Å². The molecule has 108 valence electrons. The summed E-state index contributed by atoms with van der Waals surface area (Å²) in [6, 6.07) is 2.47. The lowest BCUT2D eigenvalue weighted by Crippen LogP contribution is -2.41. The Morgan fingerprint density at radius 3 is 2.42 bits per heavy atom. The van der Waals surface area contributed by atoms with Gasteiger partial charge in [0.1, 0.15) is 10.7 Å². The molecular formula is C9H9F5N2O2S. The van der Waals surface area contributed by atoms with Gasteiger partial charge >= 0.3 is 12.3 Å². The molecule has 3 N–H and O–H groups in total. The molecule has 0 atom stereocenters. The Labute approximate surface area is 105 Å². The van der Waals surface area contributed by atoms with Crippen molar-refractivity contribution in [2.75, 3.05) is 12.3 Å². The van der Waals surface area contributed by atoms with E-state index in [0.29, 0.717) is 6.07 Å². The molecule has 4 nitrogen and oxygen atoms in total. The zero-order valence-corrected chi connectivity index (χ0v) is 10.0. The lowest BCUT2D eigenvalue weighted by atomic mass is 10.3. The zero-order chi connectivity index (χ0) is 14.8. The largest absolute Gasteiger partial charge is 0.399 e. The van der Waals surface area contributed by atoms with Gasteiger partial charge in [-0.2, -0.15) is 8.78 Å². The summed E-state index contributed by atoms with van der Waals surface area (Å²) in [5.41, 5.74) is 5.10. The first-order chi connectivity index (χ1) is 8.56. The summed E-state index contributed by atoms with van der Waals surface area (Å²) in [5.74, 6) is -5.79. The van der Waals surface area contributed by atoms with Crippen molar-refractivity contribution in [1.29, 1.82) is 0 Å². The van der Waals surface area contributed by atoms with E-state index in [1.165, 1.54) is 4.72 Å². The van der Waals surface area contributed by atoms with Crippen molar-refractivity contribution >= 4 is 15.7 Å². The second-order valence-corrected chi connectivity index (χ2v) is 5.31. The molecule has 0 spiro atoms. The van der Waals surface area contributed by atoms with Gasteiger partial charge < -0.3 is 5.73 Å². The first-order valence-corrected chi connectivity index (χ1v) is 6.25. The van der Waals surface area contributed by atoms with E-state index >= 15 is 0 Å². The average Bonchev–Trinajstić information content (AvgIpc) is 2.30. The van der Waals surface area contributed by atoms with Crippen LogP contribution < -0.4 is 10.5 Å². The van der Waals surface area contributed by atoms with Gasteiger partial charge in [-0.05, 0) is 18.2 Å². The number of rotatable bonds is 5. The van der Waals surface area contributed by atoms with Crippen molar-refractivity contribution in [1.82, 2.24) is 4.72 Å². The number of anilines is 1. The number of alkyl halides is 4. The Hall–Kier alpha value is -1.42. The van der Waals surface area contributed by atoms with Crippen LogP contribution in [0.4, 0.5) is 27.6 Å². The fraction of sp³-hybridized carbons (Fsp3) is 0.333. The third-order valence-corrected chi connectivity index (χ3v) is 3.48. The van der Waals surface area contributed by atoms with E-state index in [1.54, 1.807) is 0 Å². The van der Waals surface area contributed by atoms with Crippen LogP contribution in [0.15, 0.2) is 23.1 Å². The standard InChI is InChI=1S/C9H9F5N2O2S/c10-6-2-1-5(15)3-7(6)19(17,18)16-4-9(13,14)8(11)12/h1-3,8,16H,4,15H2. The summed E-state index contributed by atoms with van der Waals surface area (Å²) in [6.07, 6.45) is -4.04. The van der Waals surface area contributed by atoms with E-state index in [1.807, 2.05) is 0 Å². The number of hydrogen-bond donors (Lipinski definition) is 2. The molecule has 0 saturated heterocycles. The summed E-state index contributed by atoms with van der Waals surface area (Å²) in [6.45, 7) is -1.85. The van der Waals surface area contributed by atoms with Gasteiger partial charge in [-0.1, -0.05) is 0 Å². The second-order valence-electron chi connectivity index (χ2n) is 3.58. The van der Waals surface area contributed by atoms with Gasteiger partial charge in [0.05, 0.1) is 6.54 Å². The predicted molar refractivity (Wildman–Crippen MR) is 57.0 cm³/mol. The molecule has 0 aliphatic heterocycles. The smallest absolute Gasteiger partial charge is 0.320 e. The second kappa shape index (κ2) is 5.29. The van der Waals surface area contributed by atoms with E-state index in [2.05, 4.69) is 0 Å². The molecule has 1 aromatic rings. The Bertz CT molecular complexity index is 562. The third-order valence-electron chi connectivity index (χ3n) is 2.06. The van der Waals surface area contributed by atoms with Crippen LogP contribution in [0.2, 0.25) is 0 Å². The highest BCUT2D eigenvalue weighted by atomic mass is 32.2. The van der Waals surface area contributed by atoms with Crippen LogP contribution in [0, 0.1) is 5.82 Å². The van der Waals surface area contributed by atoms with E-state index in [9.17, 15) is 30.4 Å². The SMILES string of the molecule is Nc1ccc(F)c(S(=O)(=O)NCC(F)(F)C(F)F)c1. The minimum absolute atomic E-state index is 0.123. The molecule has 10 heteroatoms. The van der Waals surface area contributed by atoms with Gasteiger partial charge in [-0.15, -0.1) is 0 Å². The number of nitrogens with two attached hydrogens (primary N) is 1. The number of nitrogens with one attached hydrogen (secondary N) is 1. The molecule has 19 heavy (non-hydrogen) atoms. The highest BCUT2D eigenvalue weighted by molar-refractivity contribution is 7.89. The monoisotopic (exact) mass is 304 g/mol. The van der Waals surface area contributed by atoms with Crippen LogP contribution in [0.25, 0.3) is 0 Å². The molecule has 0 bridgehead atoms. The first kappa shape index (κ1) is 15.6. The molecule has 0 aliphatic carbocycles. The van der Waals surface area contributed by atoms with E-state index < -0.39 is 39.6 Å². The van der Waals surface area contributed by atoms with Crippen molar-refractivity contribution in [2.45, 2.75) is 17.2 Å². The quantitative estimate of drug-likeness (QED) is 0.641. The maximum atomic E-state index is 13.2. The van der Waals surface area contributed by atoms with Crippen LogP contribution in [0.3, 0.4) is 0 Å². The number of hydrogen-bond acceptors (Lipinski definition) is 3. The number of sulfonamides is 1. The normalized spacial score (nSPS) is 12.9. The summed E-state index contributed by atoms with van der Waals surface area (Å²) >= 11 is 0. The van der Waals surface area contributed by atoms with Crippen molar-refractivity contribution in [3.63, 3.8) is 0 Å². The Kier molecular flexibility index (Phi) is 4.35. The Morgan fingerprint density at radius 1 is 1.32 bits per heavy atom. The minimum atomic E-state index is -4.70. The third kappa shape index (κ3) is 3.77. The van der Waals surface area contributed by atoms with Crippen LogP contribution in [-0.2, 0) is 10.0 Å². The summed E-state index contributed by atoms with van der Waals surface area (Å²) in [5, 5.41) is 0. The zero-order valence-electron chi connectivity index (χ0n) is 9.21. The molecule has 1 rings (SSSR count). The van der Waals surface area contributed by atoms with Gasteiger partial charge in [0, 0.05) is 5.69 Å². The van der Waals surface area contributed by atoms with Crippen molar-refractivity contribution in [2.24, 2.45) is 0 Å². The Balaban J connectivity index is 2.97. The predicted octanol–water partition coefficient (Wildman–Crippen LogP) is 1.59. The van der Waals surface area contributed by atoms with Gasteiger partial charge in [-0.3, -0.25) is 0 Å². The summed E-state index contributed by atoms with van der Waals surface area (Å²) in [4.78, 5) is -0.988. The average molecular weight is 304 g/mol. The molecule has 0 aliphatic rings. The van der Waals surface area contributed by atoms with Crippen LogP contribution >= 0.6 is 0 Å². The summed E-state index contributed by atoms with van der Waals surface area (Å²) < 4.78 is 86.3. The molecule has 0 saturated carbocycles. The van der Waals surface area contributed by atoms with Gasteiger partial charge in [0.15, 0.2) is 0 Å². The molecule has 0 aromatic heterocycles. The molecule has 1 aromatic carbocycles. The molecule has 0 amide bonds. The highest BCUT2D eigenvalue weighted by Crippen LogP contribution is 2.23. The summed E-state index contributed by atoms with van der Waals surface area (Å²) in [7, 11) is -4.70. The van der Waals surface area contributed by atoms with E-state index in [0.717, 1.165) is 12.1 Å². The fourth-order valence-electron chi connectivity index (χ4n) is 1.07. The lowest BCUT2D eigenvalue weighted by molar-refractivity contribution is -0.122. The maximum absolute atomic E-state index is 13.2. The van der Waals surface area contributed by atoms with Gasteiger partial charge in [0.25, 0.3) is 0 Å². The molecule has 0 unspecified atom stereocenters. The first-order valence-electron chi connectivity index (χ1n) is 4.77. The number of nitrogen functional groups attached to an aromatic ring is 1. The fourth-order valence-corrected chi connectivity index (χ4v) is 2.23. The van der Waals surface area contributed by atoms with Crippen molar-refractivity contribution in [3.05, 3.63) is 24.0 Å². The van der Waals surface area contributed by atoms with E-state index in [-0.39, 0.29) is 5.69 Å². The number of benzene rings is 1. The number of halogens is 5. The maximum Gasteiger partial charge on any atom is 0.320 e. The lowest BCUT2D eigenvalue weighted by Gasteiger charge is -2.16. The van der Waals surface area contributed by atoms with Gasteiger partial charge in [0.2, 0.25) is 10.0 Å².